The number of halogens is 6. The van der Waals surface area contributed by atoms with Gasteiger partial charge >= 0.3 is 6.18 Å². The Morgan fingerprint density at radius 2 is 1.57 bits per heavy atom. The zero-order valence-corrected chi connectivity index (χ0v) is 25.4. The number of benzene rings is 3. The predicted molar refractivity (Wildman–Crippen MR) is 156 cm³/mol. The van der Waals surface area contributed by atoms with E-state index in [0.29, 0.717) is 29.5 Å². The lowest BCUT2D eigenvalue weighted by atomic mass is 9.99. The van der Waals surface area contributed by atoms with Crippen LogP contribution < -0.4 is 10.0 Å². The van der Waals surface area contributed by atoms with Crippen LogP contribution in [0.5, 0.6) is 0 Å². The molecule has 0 saturated carbocycles. The number of carbonyl (C=O) groups is 1. The maximum atomic E-state index is 13.1. The second-order valence-corrected chi connectivity index (χ2v) is 14.4. The lowest BCUT2D eigenvalue weighted by Gasteiger charge is -2.31. The van der Waals surface area contributed by atoms with Gasteiger partial charge in [-0.25, -0.2) is 21.1 Å². The fraction of sp³-hybridized carbons (Fsp3) is 0.269. The number of nitrogens with one attached hydrogen (secondary N) is 2. The van der Waals surface area contributed by atoms with Crippen LogP contribution in [0.3, 0.4) is 0 Å². The van der Waals surface area contributed by atoms with E-state index in [-0.39, 0.29) is 40.1 Å². The first kappa shape index (κ1) is 32.4. The Labute approximate surface area is 255 Å². The summed E-state index contributed by atoms with van der Waals surface area (Å²) >= 11 is 17.6. The predicted octanol–water partition coefficient (Wildman–Crippen LogP) is 6.65. The van der Waals surface area contributed by atoms with E-state index in [2.05, 4.69) is 10.0 Å². The van der Waals surface area contributed by atoms with E-state index in [1.807, 2.05) is 0 Å². The van der Waals surface area contributed by atoms with E-state index < -0.39 is 48.6 Å². The SMILES string of the molecule is O=C(Nc1ccc(S(=O)(=O)Nc2ccc(Cl)c(C(F)(F)F)c2)cc1)[C@@H]1CCCN(S(=O)(=O)Cc2ccc(Cl)cc2Cl)C1. The molecular weight excluding hydrogens is 662 g/mol. The van der Waals surface area contributed by atoms with Crippen molar-refractivity contribution in [2.45, 2.75) is 29.7 Å². The zero-order valence-electron chi connectivity index (χ0n) is 21.5. The minimum absolute atomic E-state index is 0.0449. The van der Waals surface area contributed by atoms with Crippen LogP contribution in [0, 0.1) is 5.92 Å². The Morgan fingerprint density at radius 3 is 2.21 bits per heavy atom. The highest BCUT2D eigenvalue weighted by molar-refractivity contribution is 7.92. The minimum Gasteiger partial charge on any atom is -0.326 e. The van der Waals surface area contributed by atoms with Crippen molar-refractivity contribution in [3.05, 3.63) is 86.9 Å². The van der Waals surface area contributed by atoms with E-state index >= 15 is 0 Å². The zero-order chi connectivity index (χ0) is 30.9. The van der Waals surface area contributed by atoms with Crippen molar-refractivity contribution in [2.24, 2.45) is 5.92 Å². The van der Waals surface area contributed by atoms with Gasteiger partial charge in [0.05, 0.1) is 27.2 Å². The maximum Gasteiger partial charge on any atom is 0.417 e. The van der Waals surface area contributed by atoms with Gasteiger partial charge in [-0.2, -0.15) is 13.2 Å². The van der Waals surface area contributed by atoms with Crippen LogP contribution >= 0.6 is 34.8 Å². The summed E-state index contributed by atoms with van der Waals surface area (Å²) in [5.74, 6) is -1.46. The topological polar surface area (TPSA) is 113 Å². The summed E-state index contributed by atoms with van der Waals surface area (Å²) in [7, 11) is -8.06. The largest absolute Gasteiger partial charge is 0.417 e. The molecule has 0 unspecified atom stereocenters. The number of anilines is 2. The van der Waals surface area contributed by atoms with Gasteiger partial charge in [0.15, 0.2) is 0 Å². The molecule has 0 radical (unpaired) electrons. The molecule has 1 fully saturated rings. The number of carbonyl (C=O) groups excluding carboxylic acids is 1. The monoisotopic (exact) mass is 683 g/mol. The number of rotatable bonds is 8. The van der Waals surface area contributed by atoms with Crippen LogP contribution in [0.15, 0.2) is 65.6 Å². The number of sulfonamides is 2. The van der Waals surface area contributed by atoms with E-state index in [1.54, 1.807) is 6.07 Å². The van der Waals surface area contributed by atoms with Gasteiger partial charge in [-0.15, -0.1) is 0 Å². The van der Waals surface area contributed by atoms with Gasteiger partial charge in [0, 0.05) is 34.5 Å². The van der Waals surface area contributed by atoms with Gasteiger partial charge in [0.25, 0.3) is 10.0 Å². The van der Waals surface area contributed by atoms with Crippen molar-refractivity contribution in [1.29, 1.82) is 0 Å². The number of hydrogen-bond acceptors (Lipinski definition) is 5. The van der Waals surface area contributed by atoms with E-state index in [1.165, 1.54) is 40.7 Å². The quantitative estimate of drug-likeness (QED) is 0.276. The van der Waals surface area contributed by atoms with Crippen LogP contribution in [0.4, 0.5) is 24.5 Å². The summed E-state index contributed by atoms with van der Waals surface area (Å²) in [6, 6.07) is 12.1. The molecule has 0 spiro atoms. The van der Waals surface area contributed by atoms with E-state index in [9.17, 15) is 34.8 Å². The Balaban J connectivity index is 1.40. The average molecular weight is 685 g/mol. The summed E-state index contributed by atoms with van der Waals surface area (Å²) in [5.41, 5.74) is -0.892. The summed E-state index contributed by atoms with van der Waals surface area (Å²) in [4.78, 5) is 12.7. The number of amides is 1. The molecule has 16 heteroatoms. The molecule has 1 saturated heterocycles. The minimum atomic E-state index is -4.78. The molecule has 1 aliphatic heterocycles. The third-order valence-corrected chi connectivity index (χ3v) is 10.6. The first-order valence-corrected chi connectivity index (χ1v) is 16.5. The molecule has 0 aromatic heterocycles. The normalized spacial score (nSPS) is 16.7. The third kappa shape index (κ3) is 7.88. The smallest absolute Gasteiger partial charge is 0.326 e. The standard InChI is InChI=1S/C26H23Cl3F3N3O5S2/c27-18-4-3-17(24(29)12-18)15-41(37,38)35-11-1-2-16(14-35)25(36)33-19-5-8-21(9-6-19)42(39,40)34-20-7-10-23(28)22(13-20)26(30,31)32/h3-10,12-13,16,34H,1-2,11,14-15H2,(H,33,36)/t16-/m1/s1. The number of hydrogen-bond donors (Lipinski definition) is 2. The molecule has 8 nitrogen and oxygen atoms in total. The number of alkyl halides is 3. The molecule has 3 aromatic carbocycles. The fourth-order valence-corrected chi connectivity index (χ4v) is 7.79. The molecule has 2 N–H and O–H groups in total. The molecule has 4 rings (SSSR count). The highest BCUT2D eigenvalue weighted by Gasteiger charge is 2.34. The van der Waals surface area contributed by atoms with Crippen LogP contribution in [0.1, 0.15) is 24.0 Å². The van der Waals surface area contributed by atoms with Crippen molar-refractivity contribution >= 4 is 72.1 Å². The molecule has 1 heterocycles. The van der Waals surface area contributed by atoms with Gasteiger partial charge in [-0.3, -0.25) is 9.52 Å². The Bertz CT molecular complexity index is 1700. The van der Waals surface area contributed by atoms with Gasteiger partial charge in [-0.05, 0) is 73.0 Å². The molecule has 226 valence electrons. The Hall–Kier alpha value is -2.55. The summed E-state index contributed by atoms with van der Waals surface area (Å²) in [5, 5.41) is 2.68. The number of piperidine rings is 1. The summed E-state index contributed by atoms with van der Waals surface area (Å²) in [6.07, 6.45) is -3.88. The first-order valence-electron chi connectivity index (χ1n) is 12.3. The summed E-state index contributed by atoms with van der Waals surface area (Å²) < 4.78 is 94.3. The second-order valence-electron chi connectivity index (χ2n) is 9.50. The van der Waals surface area contributed by atoms with Crippen LogP contribution in [0.25, 0.3) is 0 Å². The molecule has 1 amide bonds. The van der Waals surface area contributed by atoms with Crippen molar-refractivity contribution in [2.75, 3.05) is 23.1 Å². The third-order valence-electron chi connectivity index (χ3n) is 6.46. The van der Waals surface area contributed by atoms with Crippen molar-refractivity contribution in [3.63, 3.8) is 0 Å². The molecule has 0 aliphatic carbocycles. The van der Waals surface area contributed by atoms with Gasteiger partial charge in [0.1, 0.15) is 0 Å². The van der Waals surface area contributed by atoms with Crippen LogP contribution in [-0.4, -0.2) is 40.1 Å². The molecular formula is C26H23Cl3F3N3O5S2. The van der Waals surface area contributed by atoms with Crippen molar-refractivity contribution < 1.29 is 34.8 Å². The van der Waals surface area contributed by atoms with Crippen molar-refractivity contribution in [3.8, 4) is 0 Å². The van der Waals surface area contributed by atoms with Gasteiger partial charge < -0.3 is 5.32 Å². The number of nitrogens with zero attached hydrogens (tertiary/aromatic N) is 1. The van der Waals surface area contributed by atoms with Crippen LogP contribution in [-0.2, 0) is 36.8 Å². The maximum absolute atomic E-state index is 13.1. The van der Waals surface area contributed by atoms with Gasteiger partial charge in [-0.1, -0.05) is 40.9 Å². The molecule has 0 bridgehead atoms. The lowest BCUT2D eigenvalue weighted by Crippen LogP contribution is -2.44. The van der Waals surface area contributed by atoms with Crippen LogP contribution in [0.2, 0.25) is 15.1 Å². The molecule has 3 aromatic rings. The Kier molecular flexibility index (Phi) is 9.70. The highest BCUT2D eigenvalue weighted by atomic mass is 35.5. The fourth-order valence-electron chi connectivity index (χ4n) is 4.32. The first-order chi connectivity index (χ1) is 19.5. The average Bonchev–Trinajstić information content (AvgIpc) is 2.91. The van der Waals surface area contributed by atoms with Gasteiger partial charge in [0.2, 0.25) is 15.9 Å². The molecule has 1 atom stereocenters. The summed E-state index contributed by atoms with van der Waals surface area (Å²) in [6.45, 7) is 0.200. The van der Waals surface area contributed by atoms with E-state index in [4.69, 9.17) is 34.8 Å². The second kappa shape index (κ2) is 12.6. The lowest BCUT2D eigenvalue weighted by molar-refractivity contribution is -0.137. The van der Waals surface area contributed by atoms with Crippen molar-refractivity contribution in [1.82, 2.24) is 4.31 Å². The molecule has 42 heavy (non-hydrogen) atoms. The van der Waals surface area contributed by atoms with E-state index in [0.717, 1.165) is 12.1 Å². The molecule has 1 aliphatic rings. The highest BCUT2D eigenvalue weighted by Crippen LogP contribution is 2.36. The Morgan fingerprint density at radius 1 is 0.905 bits per heavy atom.